The molecule has 0 bridgehead atoms. The highest BCUT2D eigenvalue weighted by Gasteiger charge is 2.26. The normalized spacial score (nSPS) is 13.9. The monoisotopic (exact) mass is 461 g/mol. The first-order valence-corrected chi connectivity index (χ1v) is 8.09. The maximum Gasteiger partial charge on any atom is 0.265 e. The highest BCUT2D eigenvalue weighted by atomic mass is 127. The van der Waals surface area contributed by atoms with Crippen LogP contribution in [0.25, 0.3) is 0 Å². The van der Waals surface area contributed by atoms with Crippen LogP contribution in [0.5, 0.6) is 5.75 Å². The summed E-state index contributed by atoms with van der Waals surface area (Å²) in [5.41, 5.74) is 1.43. The number of amides is 1. The van der Waals surface area contributed by atoms with E-state index in [0.29, 0.717) is 22.5 Å². The predicted octanol–water partition coefficient (Wildman–Crippen LogP) is 4.12. The van der Waals surface area contributed by atoms with Crippen LogP contribution < -0.4 is 9.64 Å². The highest BCUT2D eigenvalue weighted by molar-refractivity contribution is 14.1. The van der Waals surface area contributed by atoms with Gasteiger partial charge in [0, 0.05) is 3.57 Å². The summed E-state index contributed by atoms with van der Waals surface area (Å²) in [5.74, 6) is 0.194. The minimum atomic E-state index is -0.337. The average molecular weight is 462 g/mol. The summed E-state index contributed by atoms with van der Waals surface area (Å²) < 4.78 is 20.4. The zero-order valence-electron chi connectivity index (χ0n) is 10.8. The largest absolute Gasteiger partial charge is 0.482 e. The van der Waals surface area contributed by atoms with Gasteiger partial charge in [-0.15, -0.1) is 0 Å². The fourth-order valence-electron chi connectivity index (χ4n) is 2.19. The SMILES string of the molecule is O=C1COc2ccc(I)cc2N1Cc1cccc(F)c1Br. The lowest BCUT2D eigenvalue weighted by molar-refractivity contribution is -0.121. The van der Waals surface area contributed by atoms with Crippen molar-refractivity contribution in [2.75, 3.05) is 11.5 Å². The Morgan fingerprint density at radius 1 is 1.33 bits per heavy atom. The van der Waals surface area contributed by atoms with Crippen LogP contribution >= 0.6 is 38.5 Å². The number of carbonyl (C=O) groups is 1. The van der Waals surface area contributed by atoms with Crippen molar-refractivity contribution in [2.24, 2.45) is 0 Å². The second kappa shape index (κ2) is 5.92. The van der Waals surface area contributed by atoms with Crippen molar-refractivity contribution < 1.29 is 13.9 Å². The van der Waals surface area contributed by atoms with Gasteiger partial charge in [0.25, 0.3) is 5.91 Å². The lowest BCUT2D eigenvalue weighted by atomic mass is 10.1. The van der Waals surface area contributed by atoms with E-state index < -0.39 is 0 Å². The summed E-state index contributed by atoms with van der Waals surface area (Å²) in [7, 11) is 0. The molecule has 0 radical (unpaired) electrons. The Balaban J connectivity index is 2.00. The number of hydrogen-bond acceptors (Lipinski definition) is 2. The van der Waals surface area contributed by atoms with Crippen LogP contribution in [0.2, 0.25) is 0 Å². The Morgan fingerprint density at radius 3 is 2.95 bits per heavy atom. The molecule has 3 nitrogen and oxygen atoms in total. The quantitative estimate of drug-likeness (QED) is 0.629. The highest BCUT2D eigenvalue weighted by Crippen LogP contribution is 2.35. The zero-order valence-corrected chi connectivity index (χ0v) is 14.5. The van der Waals surface area contributed by atoms with Gasteiger partial charge < -0.3 is 9.64 Å². The predicted molar refractivity (Wildman–Crippen MR) is 89.9 cm³/mol. The summed E-state index contributed by atoms with van der Waals surface area (Å²) >= 11 is 5.42. The molecule has 108 valence electrons. The molecule has 0 aliphatic carbocycles. The van der Waals surface area contributed by atoms with Crippen LogP contribution in [0.4, 0.5) is 10.1 Å². The molecule has 0 aromatic heterocycles. The molecule has 0 atom stereocenters. The molecule has 1 amide bonds. The zero-order chi connectivity index (χ0) is 15.0. The molecular weight excluding hydrogens is 452 g/mol. The number of ether oxygens (including phenoxy) is 1. The average Bonchev–Trinajstić information content (AvgIpc) is 2.46. The van der Waals surface area contributed by atoms with E-state index in [1.54, 1.807) is 17.0 Å². The molecule has 1 heterocycles. The van der Waals surface area contributed by atoms with Crippen LogP contribution in [-0.4, -0.2) is 12.5 Å². The molecule has 3 rings (SSSR count). The van der Waals surface area contributed by atoms with Crippen molar-refractivity contribution in [1.29, 1.82) is 0 Å². The molecule has 0 fully saturated rings. The van der Waals surface area contributed by atoms with Crippen LogP contribution in [0.1, 0.15) is 5.56 Å². The Hall–Kier alpha value is -1.15. The minimum Gasteiger partial charge on any atom is -0.482 e. The van der Waals surface area contributed by atoms with Crippen molar-refractivity contribution in [3.8, 4) is 5.75 Å². The van der Waals surface area contributed by atoms with E-state index in [1.807, 2.05) is 18.2 Å². The number of halogens is 3. The van der Waals surface area contributed by atoms with Crippen molar-refractivity contribution in [3.05, 3.63) is 55.8 Å². The van der Waals surface area contributed by atoms with Crippen molar-refractivity contribution in [2.45, 2.75) is 6.54 Å². The topological polar surface area (TPSA) is 29.5 Å². The van der Waals surface area contributed by atoms with Gasteiger partial charge in [-0.05, 0) is 68.3 Å². The lowest BCUT2D eigenvalue weighted by Crippen LogP contribution is -2.38. The van der Waals surface area contributed by atoms with Crippen molar-refractivity contribution in [1.82, 2.24) is 0 Å². The van der Waals surface area contributed by atoms with Gasteiger partial charge in [0.05, 0.1) is 16.7 Å². The number of rotatable bonds is 2. The Kier molecular flexibility index (Phi) is 4.17. The molecule has 2 aromatic carbocycles. The van der Waals surface area contributed by atoms with E-state index in [4.69, 9.17) is 4.74 Å². The summed E-state index contributed by atoms with van der Waals surface area (Å²) in [6.45, 7) is 0.300. The van der Waals surface area contributed by atoms with Crippen molar-refractivity contribution >= 4 is 50.1 Å². The maximum atomic E-state index is 13.6. The van der Waals surface area contributed by atoms with Crippen LogP contribution in [0.15, 0.2) is 40.9 Å². The number of fused-ring (bicyclic) bond motifs is 1. The Labute approximate surface area is 143 Å². The summed E-state index contributed by atoms with van der Waals surface area (Å²) in [6.07, 6.45) is 0. The first-order chi connectivity index (χ1) is 10.1. The Bertz CT molecular complexity index is 723. The van der Waals surface area contributed by atoms with Crippen LogP contribution in [0, 0.1) is 9.39 Å². The third kappa shape index (κ3) is 2.91. The van der Waals surface area contributed by atoms with Gasteiger partial charge in [-0.1, -0.05) is 12.1 Å². The molecule has 0 saturated carbocycles. The summed E-state index contributed by atoms with van der Waals surface area (Å²) in [4.78, 5) is 13.8. The maximum absolute atomic E-state index is 13.6. The van der Waals surface area contributed by atoms with Gasteiger partial charge in [-0.25, -0.2) is 4.39 Å². The second-order valence-electron chi connectivity index (χ2n) is 4.59. The van der Waals surface area contributed by atoms with Gasteiger partial charge in [0.1, 0.15) is 11.6 Å². The molecule has 1 aliphatic heterocycles. The summed E-state index contributed by atoms with van der Waals surface area (Å²) in [6, 6.07) is 10.5. The number of carbonyl (C=O) groups excluding carboxylic acids is 1. The fourth-order valence-corrected chi connectivity index (χ4v) is 3.05. The van der Waals surface area contributed by atoms with E-state index in [2.05, 4.69) is 38.5 Å². The molecule has 21 heavy (non-hydrogen) atoms. The van der Waals surface area contributed by atoms with Crippen LogP contribution in [-0.2, 0) is 11.3 Å². The standard InChI is InChI=1S/C15H10BrFINO2/c16-15-9(2-1-3-11(15)17)7-19-12-6-10(18)4-5-13(12)21-8-14(19)20/h1-6H,7-8H2. The van der Waals surface area contributed by atoms with E-state index in [0.717, 1.165) is 9.13 Å². The first kappa shape index (κ1) is 14.8. The van der Waals surface area contributed by atoms with Crippen molar-refractivity contribution in [3.63, 3.8) is 0 Å². The van der Waals surface area contributed by atoms with Gasteiger partial charge >= 0.3 is 0 Å². The molecule has 0 spiro atoms. The van der Waals surface area contributed by atoms with Gasteiger partial charge in [-0.3, -0.25) is 4.79 Å². The van der Waals surface area contributed by atoms with Gasteiger partial charge in [0.15, 0.2) is 6.61 Å². The molecule has 0 unspecified atom stereocenters. The van der Waals surface area contributed by atoms with E-state index in [1.165, 1.54) is 6.07 Å². The van der Waals surface area contributed by atoms with E-state index >= 15 is 0 Å². The molecule has 1 aliphatic rings. The smallest absolute Gasteiger partial charge is 0.265 e. The molecule has 6 heteroatoms. The van der Waals surface area contributed by atoms with Gasteiger partial charge in [0.2, 0.25) is 0 Å². The fraction of sp³-hybridized carbons (Fsp3) is 0.133. The molecule has 2 aromatic rings. The second-order valence-corrected chi connectivity index (χ2v) is 6.63. The van der Waals surface area contributed by atoms with Crippen LogP contribution in [0.3, 0.4) is 0 Å². The van der Waals surface area contributed by atoms with E-state index in [9.17, 15) is 9.18 Å². The summed E-state index contributed by atoms with van der Waals surface area (Å²) in [5, 5.41) is 0. The van der Waals surface area contributed by atoms with Gasteiger partial charge in [-0.2, -0.15) is 0 Å². The minimum absolute atomic E-state index is 0.000523. The first-order valence-electron chi connectivity index (χ1n) is 6.22. The third-order valence-electron chi connectivity index (χ3n) is 3.22. The molecule has 0 saturated heterocycles. The number of benzene rings is 2. The number of hydrogen-bond donors (Lipinski definition) is 0. The molecule has 0 N–H and O–H groups in total. The number of anilines is 1. The van der Waals surface area contributed by atoms with E-state index in [-0.39, 0.29) is 18.3 Å². The molecular formula is C15H10BrFINO2. The lowest BCUT2D eigenvalue weighted by Gasteiger charge is -2.30. The Morgan fingerprint density at radius 2 is 2.14 bits per heavy atom. The third-order valence-corrected chi connectivity index (χ3v) is 4.78. The number of nitrogens with zero attached hydrogens (tertiary/aromatic N) is 1.